The van der Waals surface area contributed by atoms with Crippen LogP contribution in [0.3, 0.4) is 0 Å². The van der Waals surface area contributed by atoms with Crippen molar-refractivity contribution in [3.8, 4) is 0 Å². The minimum atomic E-state index is -1.29. The number of hydrogen-bond donors (Lipinski definition) is 2. The summed E-state index contributed by atoms with van der Waals surface area (Å²) in [6.07, 6.45) is -0.820. The van der Waals surface area contributed by atoms with Crippen molar-refractivity contribution in [1.29, 1.82) is 0 Å². The van der Waals surface area contributed by atoms with Crippen LogP contribution in [0.1, 0.15) is 18.1 Å². The minimum Gasteiger partial charge on any atom is -0.445 e. The molecule has 0 saturated carbocycles. The van der Waals surface area contributed by atoms with Crippen LogP contribution < -0.4 is 10.6 Å². The van der Waals surface area contributed by atoms with E-state index < -0.39 is 23.8 Å². The Hall–Kier alpha value is -3.15. The molecule has 25 heavy (non-hydrogen) atoms. The molecule has 2 N–H and O–H groups in total. The Kier molecular flexibility index (Phi) is 6.71. The fourth-order valence-electron chi connectivity index (χ4n) is 2.12. The van der Waals surface area contributed by atoms with Gasteiger partial charge in [-0.1, -0.05) is 60.7 Å². The van der Waals surface area contributed by atoms with Gasteiger partial charge in [-0.2, -0.15) is 0 Å². The molecule has 0 aliphatic rings. The van der Waals surface area contributed by atoms with Crippen LogP contribution >= 0.6 is 0 Å². The molecule has 2 amide bonds. The highest BCUT2D eigenvalue weighted by atomic mass is 16.5. The largest absolute Gasteiger partial charge is 0.445 e. The Morgan fingerprint density at radius 1 is 0.920 bits per heavy atom. The smallest absolute Gasteiger partial charge is 0.408 e. The van der Waals surface area contributed by atoms with Crippen molar-refractivity contribution < 1.29 is 19.1 Å². The summed E-state index contributed by atoms with van der Waals surface area (Å²) >= 11 is 0. The van der Waals surface area contributed by atoms with Crippen LogP contribution in [0.5, 0.6) is 0 Å². The van der Waals surface area contributed by atoms with Crippen LogP contribution in [0, 0.1) is 0 Å². The molecule has 0 unspecified atom stereocenters. The second kappa shape index (κ2) is 9.22. The molecule has 0 aromatic heterocycles. The number of Topliss-reactive ketones (excluding diaryl/α,β-unsaturated/α-hetero) is 1. The molecule has 6 heteroatoms. The Bertz CT molecular complexity index is 717. The van der Waals surface area contributed by atoms with Crippen molar-refractivity contribution in [2.24, 2.45) is 0 Å². The number of hydrogen-bond acceptors (Lipinski definition) is 4. The Morgan fingerprint density at radius 3 is 2.04 bits per heavy atom. The topological polar surface area (TPSA) is 84.5 Å². The zero-order valence-electron chi connectivity index (χ0n) is 13.9. The lowest BCUT2D eigenvalue weighted by atomic mass is 10.1. The number of alkyl carbamates (subject to hydrolysis) is 1. The highest BCUT2D eigenvalue weighted by molar-refractivity contribution is 6.06. The lowest BCUT2D eigenvalue weighted by molar-refractivity contribution is -0.130. The molecule has 0 saturated heterocycles. The van der Waals surface area contributed by atoms with Crippen molar-refractivity contribution >= 4 is 17.8 Å². The van der Waals surface area contributed by atoms with Crippen LogP contribution in [0.2, 0.25) is 0 Å². The zero-order chi connectivity index (χ0) is 18.1. The quantitative estimate of drug-likeness (QED) is 0.757. The van der Waals surface area contributed by atoms with Crippen molar-refractivity contribution in [1.82, 2.24) is 10.6 Å². The van der Waals surface area contributed by atoms with Gasteiger partial charge in [0.25, 0.3) is 5.91 Å². The fraction of sp³-hybridized carbons (Fsp3) is 0.211. The van der Waals surface area contributed by atoms with Gasteiger partial charge in [0.1, 0.15) is 6.61 Å². The molecule has 2 rings (SSSR count). The number of amides is 2. The van der Waals surface area contributed by atoms with E-state index in [1.807, 2.05) is 60.7 Å². The number of carbonyl (C=O) groups excluding carboxylic acids is 3. The molecule has 2 aromatic carbocycles. The molecular weight excluding hydrogens is 320 g/mol. The number of rotatable bonds is 7. The minimum absolute atomic E-state index is 0.0585. The summed E-state index contributed by atoms with van der Waals surface area (Å²) in [5.74, 6) is -1.05. The first-order valence-electron chi connectivity index (χ1n) is 7.85. The number of ketones is 1. The molecule has 0 spiro atoms. The van der Waals surface area contributed by atoms with Crippen LogP contribution in [0.4, 0.5) is 4.79 Å². The first-order chi connectivity index (χ1) is 12.1. The Morgan fingerprint density at radius 2 is 1.48 bits per heavy atom. The molecule has 0 aliphatic carbocycles. The zero-order valence-corrected chi connectivity index (χ0v) is 13.9. The average molecular weight is 340 g/mol. The number of ether oxygens (including phenoxy) is 1. The van der Waals surface area contributed by atoms with E-state index in [1.165, 1.54) is 6.92 Å². The Labute approximate surface area is 146 Å². The van der Waals surface area contributed by atoms with E-state index in [1.54, 1.807) is 0 Å². The molecule has 2 aromatic rings. The van der Waals surface area contributed by atoms with Gasteiger partial charge in [-0.3, -0.25) is 9.59 Å². The Balaban J connectivity index is 1.85. The maximum absolute atomic E-state index is 12.2. The summed E-state index contributed by atoms with van der Waals surface area (Å²) < 4.78 is 5.04. The van der Waals surface area contributed by atoms with Gasteiger partial charge in [-0.15, -0.1) is 0 Å². The molecule has 130 valence electrons. The molecule has 0 bridgehead atoms. The van der Waals surface area contributed by atoms with E-state index in [9.17, 15) is 14.4 Å². The van der Waals surface area contributed by atoms with Crippen molar-refractivity contribution in [3.63, 3.8) is 0 Å². The van der Waals surface area contributed by atoms with Crippen LogP contribution in [-0.2, 0) is 27.5 Å². The van der Waals surface area contributed by atoms with E-state index in [0.29, 0.717) is 0 Å². The third-order valence-electron chi connectivity index (χ3n) is 3.45. The predicted octanol–water partition coefficient (Wildman–Crippen LogP) is 2.19. The van der Waals surface area contributed by atoms with E-state index in [0.717, 1.165) is 11.1 Å². The third kappa shape index (κ3) is 6.10. The van der Waals surface area contributed by atoms with E-state index in [2.05, 4.69) is 10.6 Å². The van der Waals surface area contributed by atoms with Crippen LogP contribution in [-0.4, -0.2) is 23.8 Å². The van der Waals surface area contributed by atoms with Crippen LogP contribution in [0.25, 0.3) is 0 Å². The van der Waals surface area contributed by atoms with E-state index in [4.69, 9.17) is 4.74 Å². The lowest BCUT2D eigenvalue weighted by Crippen LogP contribution is -2.50. The molecule has 1 atom stereocenters. The van der Waals surface area contributed by atoms with Gasteiger partial charge < -0.3 is 15.4 Å². The second-order valence-corrected chi connectivity index (χ2v) is 5.45. The van der Waals surface area contributed by atoms with Gasteiger partial charge in [0.15, 0.2) is 11.8 Å². The van der Waals surface area contributed by atoms with Gasteiger partial charge in [-0.25, -0.2) is 4.79 Å². The first-order valence-corrected chi connectivity index (χ1v) is 7.85. The summed E-state index contributed by atoms with van der Waals surface area (Å²) in [4.78, 5) is 35.7. The van der Waals surface area contributed by atoms with Gasteiger partial charge in [-0.05, 0) is 18.1 Å². The van der Waals surface area contributed by atoms with Gasteiger partial charge in [0.2, 0.25) is 0 Å². The predicted molar refractivity (Wildman–Crippen MR) is 92.5 cm³/mol. The fourth-order valence-corrected chi connectivity index (χ4v) is 2.12. The van der Waals surface area contributed by atoms with E-state index in [-0.39, 0.29) is 13.2 Å². The molecule has 0 heterocycles. The van der Waals surface area contributed by atoms with Crippen molar-refractivity contribution in [2.75, 3.05) is 0 Å². The molecular formula is C19H20N2O4. The maximum atomic E-state index is 12.2. The highest BCUT2D eigenvalue weighted by Gasteiger charge is 2.25. The molecule has 0 radical (unpaired) electrons. The molecule has 0 fully saturated rings. The third-order valence-corrected chi connectivity index (χ3v) is 3.45. The first kappa shape index (κ1) is 18.2. The molecule has 0 aliphatic heterocycles. The summed E-state index contributed by atoms with van der Waals surface area (Å²) in [6.45, 7) is 1.57. The average Bonchev–Trinajstić information content (AvgIpc) is 2.64. The van der Waals surface area contributed by atoms with Crippen molar-refractivity contribution in [3.05, 3.63) is 71.8 Å². The summed E-state index contributed by atoms with van der Waals surface area (Å²) in [6, 6.07) is 17.1. The summed E-state index contributed by atoms with van der Waals surface area (Å²) in [5.41, 5.74) is 1.70. The summed E-state index contributed by atoms with van der Waals surface area (Å²) in [5, 5.41) is 4.93. The second-order valence-electron chi connectivity index (χ2n) is 5.45. The monoisotopic (exact) mass is 340 g/mol. The van der Waals surface area contributed by atoms with Crippen LogP contribution in [0.15, 0.2) is 60.7 Å². The molecule has 6 nitrogen and oxygen atoms in total. The van der Waals surface area contributed by atoms with E-state index >= 15 is 0 Å². The van der Waals surface area contributed by atoms with Gasteiger partial charge >= 0.3 is 6.09 Å². The maximum Gasteiger partial charge on any atom is 0.408 e. The normalized spacial score (nSPS) is 11.2. The van der Waals surface area contributed by atoms with Gasteiger partial charge in [0.05, 0.1) is 0 Å². The number of nitrogens with one attached hydrogen (secondary N) is 2. The van der Waals surface area contributed by atoms with Crippen molar-refractivity contribution in [2.45, 2.75) is 26.1 Å². The van der Waals surface area contributed by atoms with Gasteiger partial charge in [0, 0.05) is 6.54 Å². The number of benzene rings is 2. The number of carbonyl (C=O) groups is 3. The lowest BCUT2D eigenvalue weighted by Gasteiger charge is -2.16. The standard InChI is InChI=1S/C19H20N2O4/c1-14(22)17(18(23)20-12-15-8-4-2-5-9-15)21-19(24)25-13-16-10-6-3-7-11-16/h2-11,17H,12-13H2,1H3,(H,20,23)(H,21,24)/t17-/m0/s1. The summed E-state index contributed by atoms with van der Waals surface area (Å²) in [7, 11) is 0. The SMILES string of the molecule is CC(=O)[C@H](NC(=O)OCc1ccccc1)C(=O)NCc1ccccc1. The highest BCUT2D eigenvalue weighted by Crippen LogP contribution is 2.02.